The van der Waals surface area contributed by atoms with Gasteiger partial charge in [0, 0.05) is 5.92 Å². The highest BCUT2D eigenvalue weighted by Crippen LogP contribution is 2.29. The predicted octanol–water partition coefficient (Wildman–Crippen LogP) is 4.33. The summed E-state index contributed by atoms with van der Waals surface area (Å²) < 4.78 is 11.1. The Morgan fingerprint density at radius 2 is 1.83 bits per heavy atom. The van der Waals surface area contributed by atoms with Gasteiger partial charge in [-0.05, 0) is 55.7 Å². The fourth-order valence-corrected chi connectivity index (χ4v) is 3.32. The number of carbonyl (C=O) groups is 2. The molecule has 2 aromatic rings. The fourth-order valence-electron chi connectivity index (χ4n) is 3.32. The van der Waals surface area contributed by atoms with E-state index >= 15 is 0 Å². The Kier molecular flexibility index (Phi) is 7.39. The molecular weight excluding hydrogens is 368 g/mol. The molecule has 1 saturated carbocycles. The third kappa shape index (κ3) is 5.91. The van der Waals surface area contributed by atoms with Crippen molar-refractivity contribution in [3.63, 3.8) is 0 Å². The van der Waals surface area contributed by atoms with Crippen LogP contribution in [0.4, 0.5) is 0 Å². The predicted molar refractivity (Wildman–Crippen MR) is 111 cm³/mol. The molecule has 1 N–H and O–H groups in total. The van der Waals surface area contributed by atoms with Crippen LogP contribution in [0.5, 0.6) is 11.5 Å². The topological polar surface area (TPSA) is 77.0 Å². The summed E-state index contributed by atoms with van der Waals surface area (Å²) in [4.78, 5) is 24.5. The van der Waals surface area contributed by atoms with Gasteiger partial charge >= 0.3 is 5.97 Å². The van der Waals surface area contributed by atoms with Crippen LogP contribution in [0, 0.1) is 5.92 Å². The molecule has 0 aromatic heterocycles. The third-order valence-electron chi connectivity index (χ3n) is 4.84. The number of benzene rings is 2. The summed E-state index contributed by atoms with van der Waals surface area (Å²) in [6.07, 6.45) is 6.82. The third-order valence-corrected chi connectivity index (χ3v) is 4.84. The first kappa shape index (κ1) is 20.6. The molecule has 6 nitrogen and oxygen atoms in total. The molecule has 1 amide bonds. The van der Waals surface area contributed by atoms with Crippen molar-refractivity contribution in [2.75, 3.05) is 6.61 Å². The number of carbonyl (C=O) groups excluding carboxylic acids is 2. The average Bonchev–Trinajstić information content (AvgIpc) is 2.76. The van der Waals surface area contributed by atoms with Crippen molar-refractivity contribution < 1.29 is 19.1 Å². The zero-order valence-corrected chi connectivity index (χ0v) is 16.6. The molecule has 0 bridgehead atoms. The maximum Gasteiger partial charge on any atom is 0.343 e. The molecule has 29 heavy (non-hydrogen) atoms. The van der Waals surface area contributed by atoms with E-state index in [4.69, 9.17) is 9.47 Å². The van der Waals surface area contributed by atoms with Crippen LogP contribution < -0.4 is 14.9 Å². The van der Waals surface area contributed by atoms with Crippen molar-refractivity contribution in [1.29, 1.82) is 0 Å². The maximum absolute atomic E-state index is 12.3. The summed E-state index contributed by atoms with van der Waals surface area (Å²) in [5, 5.41) is 4.07. The first-order chi connectivity index (χ1) is 14.2. The van der Waals surface area contributed by atoms with Gasteiger partial charge in [0.2, 0.25) is 5.91 Å². The first-order valence-electron chi connectivity index (χ1n) is 10.0. The van der Waals surface area contributed by atoms with Crippen LogP contribution in [0.3, 0.4) is 0 Å². The number of hydrazone groups is 1. The minimum atomic E-state index is -0.451. The van der Waals surface area contributed by atoms with Crippen molar-refractivity contribution in [3.8, 4) is 11.5 Å². The Balaban J connectivity index is 1.65. The zero-order valence-electron chi connectivity index (χ0n) is 16.6. The van der Waals surface area contributed by atoms with Gasteiger partial charge < -0.3 is 9.47 Å². The van der Waals surface area contributed by atoms with Gasteiger partial charge in [-0.3, -0.25) is 4.79 Å². The number of hydrogen-bond acceptors (Lipinski definition) is 5. The van der Waals surface area contributed by atoms with Gasteiger partial charge in [-0.25, -0.2) is 10.2 Å². The molecule has 0 unspecified atom stereocenters. The van der Waals surface area contributed by atoms with E-state index in [1.54, 1.807) is 48.7 Å². The van der Waals surface area contributed by atoms with Gasteiger partial charge in [0.1, 0.15) is 0 Å². The number of hydrogen-bond donors (Lipinski definition) is 1. The van der Waals surface area contributed by atoms with Crippen LogP contribution in [-0.4, -0.2) is 24.7 Å². The van der Waals surface area contributed by atoms with E-state index in [1.807, 2.05) is 13.0 Å². The van der Waals surface area contributed by atoms with E-state index < -0.39 is 5.97 Å². The molecule has 6 heteroatoms. The molecule has 1 fully saturated rings. The quantitative estimate of drug-likeness (QED) is 0.328. The Labute approximate surface area is 170 Å². The van der Waals surface area contributed by atoms with Crippen molar-refractivity contribution in [3.05, 3.63) is 59.7 Å². The Hall–Kier alpha value is -3.15. The number of rotatable bonds is 7. The van der Waals surface area contributed by atoms with Crippen LogP contribution in [0.25, 0.3) is 0 Å². The highest BCUT2D eigenvalue weighted by atomic mass is 16.6. The lowest BCUT2D eigenvalue weighted by Gasteiger charge is -2.19. The van der Waals surface area contributed by atoms with Crippen LogP contribution in [0.2, 0.25) is 0 Å². The molecule has 0 saturated heterocycles. The van der Waals surface area contributed by atoms with E-state index in [0.717, 1.165) is 31.2 Å². The summed E-state index contributed by atoms with van der Waals surface area (Å²) in [6, 6.07) is 13.9. The van der Waals surface area contributed by atoms with E-state index in [1.165, 1.54) is 6.42 Å². The minimum Gasteiger partial charge on any atom is -0.490 e. The molecule has 0 spiro atoms. The van der Waals surface area contributed by atoms with E-state index in [-0.39, 0.29) is 11.8 Å². The Bertz CT molecular complexity index is 858. The lowest BCUT2D eigenvalue weighted by atomic mass is 9.89. The largest absolute Gasteiger partial charge is 0.490 e. The van der Waals surface area contributed by atoms with Gasteiger partial charge in [0.25, 0.3) is 0 Å². The summed E-state index contributed by atoms with van der Waals surface area (Å²) in [6.45, 7) is 2.28. The van der Waals surface area contributed by atoms with Gasteiger partial charge in [-0.15, -0.1) is 0 Å². The highest BCUT2D eigenvalue weighted by Gasteiger charge is 2.20. The van der Waals surface area contributed by atoms with E-state index in [0.29, 0.717) is 23.7 Å². The molecule has 0 aliphatic heterocycles. The smallest absolute Gasteiger partial charge is 0.343 e. The van der Waals surface area contributed by atoms with Crippen LogP contribution in [-0.2, 0) is 4.79 Å². The summed E-state index contributed by atoms with van der Waals surface area (Å²) in [5.41, 5.74) is 3.82. The second-order valence-corrected chi connectivity index (χ2v) is 6.96. The van der Waals surface area contributed by atoms with Crippen molar-refractivity contribution >= 4 is 18.1 Å². The molecule has 2 aromatic carbocycles. The van der Waals surface area contributed by atoms with Crippen LogP contribution >= 0.6 is 0 Å². The molecular formula is C23H26N2O4. The number of nitrogens with one attached hydrogen (secondary N) is 1. The zero-order chi connectivity index (χ0) is 20.5. The van der Waals surface area contributed by atoms with Crippen molar-refractivity contribution in [2.24, 2.45) is 11.0 Å². The fraction of sp³-hybridized carbons (Fsp3) is 0.348. The average molecular weight is 394 g/mol. The minimum absolute atomic E-state index is 0.0283. The number of amides is 1. The van der Waals surface area contributed by atoms with Crippen LogP contribution in [0.15, 0.2) is 53.6 Å². The molecule has 1 aliphatic rings. The molecule has 0 atom stereocenters. The molecule has 1 aliphatic carbocycles. The normalized spacial score (nSPS) is 14.5. The number of ether oxygens (including phenoxy) is 2. The SMILES string of the molecule is CCOc1cc(/C=N/NC(=O)C2CCCCC2)ccc1OC(=O)c1ccccc1. The number of esters is 1. The second-order valence-electron chi connectivity index (χ2n) is 6.96. The molecule has 3 rings (SSSR count). The Morgan fingerprint density at radius 1 is 1.07 bits per heavy atom. The maximum atomic E-state index is 12.3. The Morgan fingerprint density at radius 3 is 2.55 bits per heavy atom. The van der Waals surface area contributed by atoms with Gasteiger partial charge in [0.05, 0.1) is 18.4 Å². The summed E-state index contributed by atoms with van der Waals surface area (Å²) >= 11 is 0. The lowest BCUT2D eigenvalue weighted by Crippen LogP contribution is -2.28. The van der Waals surface area contributed by atoms with Gasteiger partial charge in [-0.1, -0.05) is 37.5 Å². The first-order valence-corrected chi connectivity index (χ1v) is 10.0. The molecule has 0 heterocycles. The lowest BCUT2D eigenvalue weighted by molar-refractivity contribution is -0.125. The van der Waals surface area contributed by atoms with Gasteiger partial charge in [-0.2, -0.15) is 5.10 Å². The van der Waals surface area contributed by atoms with E-state index in [2.05, 4.69) is 10.5 Å². The molecule has 152 valence electrons. The van der Waals surface area contributed by atoms with Crippen LogP contribution in [0.1, 0.15) is 54.9 Å². The monoisotopic (exact) mass is 394 g/mol. The van der Waals surface area contributed by atoms with Gasteiger partial charge in [0.15, 0.2) is 11.5 Å². The van der Waals surface area contributed by atoms with E-state index in [9.17, 15) is 9.59 Å². The standard InChI is InChI=1S/C23H26N2O4/c1-2-28-21-15-17(16-24-25-22(26)18-9-5-3-6-10-18)13-14-20(21)29-23(27)19-11-7-4-8-12-19/h4,7-8,11-16,18H,2-3,5-6,9-10H2,1H3,(H,25,26)/b24-16+. The van der Waals surface area contributed by atoms with Crippen molar-refractivity contribution in [2.45, 2.75) is 39.0 Å². The second kappa shape index (κ2) is 10.4. The number of nitrogens with zero attached hydrogens (tertiary/aromatic N) is 1. The van der Waals surface area contributed by atoms with Crippen molar-refractivity contribution in [1.82, 2.24) is 5.43 Å². The molecule has 0 radical (unpaired) electrons. The summed E-state index contributed by atoms with van der Waals surface area (Å²) in [5.74, 6) is 0.357. The summed E-state index contributed by atoms with van der Waals surface area (Å²) in [7, 11) is 0. The highest BCUT2D eigenvalue weighted by molar-refractivity contribution is 5.91.